The van der Waals surface area contributed by atoms with E-state index in [-0.39, 0.29) is 11.3 Å². The Balaban J connectivity index is 1.91. The number of rotatable bonds is 7. The van der Waals surface area contributed by atoms with Crippen molar-refractivity contribution in [3.63, 3.8) is 0 Å². The minimum Gasteiger partial charge on any atom is -0.505 e. The van der Waals surface area contributed by atoms with Crippen molar-refractivity contribution in [2.75, 3.05) is 33.8 Å². The van der Waals surface area contributed by atoms with Gasteiger partial charge in [0.2, 0.25) is 0 Å². The van der Waals surface area contributed by atoms with Gasteiger partial charge in [0.15, 0.2) is 5.76 Å². The predicted molar refractivity (Wildman–Crippen MR) is 130 cm³/mol. The summed E-state index contributed by atoms with van der Waals surface area (Å²) in [6, 6.07) is 10.4. The van der Waals surface area contributed by atoms with Gasteiger partial charge in [-0.05, 0) is 64.2 Å². The Morgan fingerprint density at radius 3 is 2.62 bits per heavy atom. The van der Waals surface area contributed by atoms with E-state index in [1.54, 1.807) is 0 Å². The van der Waals surface area contributed by atoms with Gasteiger partial charge in [-0.15, -0.1) is 0 Å². The van der Waals surface area contributed by atoms with Crippen molar-refractivity contribution < 1.29 is 19.4 Å². The third kappa shape index (κ3) is 4.05. The van der Waals surface area contributed by atoms with E-state index >= 15 is 0 Å². The fourth-order valence-corrected chi connectivity index (χ4v) is 4.38. The summed E-state index contributed by atoms with van der Waals surface area (Å²) < 4.78 is 7.53. The maximum Gasteiger partial charge on any atom is 0.295 e. The van der Waals surface area contributed by atoms with E-state index in [4.69, 9.17) is 4.74 Å². The molecular formula is C26H30N4O4. The smallest absolute Gasteiger partial charge is 0.295 e. The van der Waals surface area contributed by atoms with Gasteiger partial charge in [0, 0.05) is 19.3 Å². The molecule has 1 unspecified atom stereocenters. The molecule has 1 amide bonds. The van der Waals surface area contributed by atoms with Gasteiger partial charge in [-0.2, -0.15) is 0 Å². The van der Waals surface area contributed by atoms with Gasteiger partial charge in [-0.3, -0.25) is 9.59 Å². The van der Waals surface area contributed by atoms with Crippen molar-refractivity contribution in [3.8, 4) is 5.75 Å². The van der Waals surface area contributed by atoms with Crippen LogP contribution in [-0.2, 0) is 9.59 Å². The highest BCUT2D eigenvalue weighted by Crippen LogP contribution is 2.40. The lowest BCUT2D eigenvalue weighted by atomic mass is 9.96. The zero-order valence-corrected chi connectivity index (χ0v) is 20.2. The lowest BCUT2D eigenvalue weighted by Gasteiger charge is -2.26. The number of imidazole rings is 1. The standard InChI is InChI=1S/C26H30N4O4/c1-6-34-19-11-7-10-18(15-19)22-20(24(32)26(33)30(22)14-13-28(4)5)23(31)21-17(3)29-12-8-9-16(2)25(29)27-21/h7-12,15,22,31H,6,13-14H2,1-5H3. The number of aliphatic hydroxyl groups excluding tert-OH is 1. The Labute approximate surface area is 199 Å². The molecule has 178 valence electrons. The molecule has 34 heavy (non-hydrogen) atoms. The number of fused-ring (bicyclic) bond motifs is 1. The normalized spacial score (nSPS) is 17.8. The Morgan fingerprint density at radius 2 is 1.94 bits per heavy atom. The molecule has 1 atom stereocenters. The molecule has 1 saturated heterocycles. The number of hydrogen-bond donors (Lipinski definition) is 1. The number of carbonyl (C=O) groups is 2. The molecule has 1 aromatic carbocycles. The number of aliphatic hydroxyl groups is 1. The van der Waals surface area contributed by atoms with Crippen LogP contribution in [0.4, 0.5) is 0 Å². The molecule has 8 heteroatoms. The third-order valence-corrected chi connectivity index (χ3v) is 6.12. The van der Waals surface area contributed by atoms with Crippen LogP contribution in [-0.4, -0.2) is 69.8 Å². The second kappa shape index (κ2) is 9.30. The van der Waals surface area contributed by atoms with Crippen LogP contribution in [0.2, 0.25) is 0 Å². The molecule has 3 heterocycles. The summed E-state index contributed by atoms with van der Waals surface area (Å²) in [4.78, 5) is 34.5. The molecule has 3 aromatic rings. The SMILES string of the molecule is CCOc1cccc(C2C(=C(O)c3nc4c(C)cccn4c3C)C(=O)C(=O)N2CCN(C)C)c1. The minimum absolute atomic E-state index is 0.0431. The number of nitrogens with zero attached hydrogens (tertiary/aromatic N) is 4. The zero-order chi connectivity index (χ0) is 24.6. The van der Waals surface area contributed by atoms with Gasteiger partial charge in [0.05, 0.1) is 23.9 Å². The molecule has 1 aliphatic rings. The summed E-state index contributed by atoms with van der Waals surface area (Å²) in [6.07, 6.45) is 1.86. The van der Waals surface area contributed by atoms with Crippen molar-refractivity contribution in [2.45, 2.75) is 26.8 Å². The van der Waals surface area contributed by atoms with Crippen LogP contribution in [0.5, 0.6) is 5.75 Å². The number of ether oxygens (including phenoxy) is 1. The molecule has 0 spiro atoms. The maximum absolute atomic E-state index is 13.3. The first-order chi connectivity index (χ1) is 16.2. The van der Waals surface area contributed by atoms with Crippen LogP contribution in [0.25, 0.3) is 11.4 Å². The number of likely N-dealkylation sites (N-methyl/N-ethyl adjacent to an activating group) is 1. The molecule has 4 rings (SSSR count). The van der Waals surface area contributed by atoms with Gasteiger partial charge in [0.1, 0.15) is 17.1 Å². The first-order valence-corrected chi connectivity index (χ1v) is 11.3. The number of benzene rings is 1. The highest BCUT2D eigenvalue weighted by Gasteiger charge is 2.46. The fraction of sp³-hybridized carbons (Fsp3) is 0.346. The zero-order valence-electron chi connectivity index (χ0n) is 20.2. The maximum atomic E-state index is 13.3. The predicted octanol–water partition coefficient (Wildman–Crippen LogP) is 3.33. The Kier molecular flexibility index (Phi) is 6.43. The summed E-state index contributed by atoms with van der Waals surface area (Å²) in [5.74, 6) is -0.972. The van der Waals surface area contributed by atoms with Crippen molar-refractivity contribution >= 4 is 23.1 Å². The third-order valence-electron chi connectivity index (χ3n) is 6.12. The van der Waals surface area contributed by atoms with Gasteiger partial charge in [-0.25, -0.2) is 4.98 Å². The number of pyridine rings is 1. The van der Waals surface area contributed by atoms with Crippen LogP contribution in [0.1, 0.15) is 35.5 Å². The number of aromatic nitrogens is 2. The molecule has 1 fully saturated rings. The summed E-state index contributed by atoms with van der Waals surface area (Å²) in [5.41, 5.74) is 3.36. The molecular weight excluding hydrogens is 432 g/mol. The van der Waals surface area contributed by atoms with E-state index in [1.165, 1.54) is 4.90 Å². The monoisotopic (exact) mass is 462 g/mol. The Bertz CT molecular complexity index is 1290. The first-order valence-electron chi connectivity index (χ1n) is 11.3. The lowest BCUT2D eigenvalue weighted by molar-refractivity contribution is -0.140. The van der Waals surface area contributed by atoms with E-state index in [0.717, 1.165) is 5.56 Å². The van der Waals surface area contributed by atoms with Crippen LogP contribution in [0.3, 0.4) is 0 Å². The number of Topliss-reactive ketones (excluding diaryl/α,β-unsaturated/α-hetero) is 1. The fourth-order valence-electron chi connectivity index (χ4n) is 4.38. The highest BCUT2D eigenvalue weighted by atomic mass is 16.5. The summed E-state index contributed by atoms with van der Waals surface area (Å²) in [6.45, 7) is 7.06. The van der Waals surface area contributed by atoms with Gasteiger partial charge in [0.25, 0.3) is 11.7 Å². The topological polar surface area (TPSA) is 87.4 Å². The molecule has 0 aliphatic carbocycles. The average Bonchev–Trinajstić information content (AvgIpc) is 3.27. The summed E-state index contributed by atoms with van der Waals surface area (Å²) in [7, 11) is 3.81. The van der Waals surface area contributed by atoms with E-state index in [1.807, 2.05) is 86.8 Å². The number of ketones is 1. The molecule has 0 bridgehead atoms. The quantitative estimate of drug-likeness (QED) is 0.329. The highest BCUT2D eigenvalue weighted by molar-refractivity contribution is 6.46. The molecule has 1 aliphatic heterocycles. The number of likely N-dealkylation sites (tertiary alicyclic amines) is 1. The molecule has 2 aromatic heterocycles. The van der Waals surface area contributed by atoms with Crippen LogP contribution >= 0.6 is 0 Å². The average molecular weight is 463 g/mol. The Hall–Kier alpha value is -3.65. The van der Waals surface area contributed by atoms with Gasteiger partial charge < -0.3 is 24.0 Å². The molecule has 0 saturated carbocycles. The molecule has 8 nitrogen and oxygen atoms in total. The second-order valence-corrected chi connectivity index (χ2v) is 8.73. The number of carbonyl (C=O) groups excluding carboxylic acids is 2. The van der Waals surface area contributed by atoms with Crippen LogP contribution in [0.15, 0.2) is 48.2 Å². The first kappa shape index (κ1) is 23.5. The van der Waals surface area contributed by atoms with E-state index in [0.29, 0.717) is 48.0 Å². The number of aryl methyl sites for hydroxylation is 2. The van der Waals surface area contributed by atoms with Crippen molar-refractivity contribution in [3.05, 3.63) is 70.7 Å². The van der Waals surface area contributed by atoms with Gasteiger partial charge in [-0.1, -0.05) is 18.2 Å². The van der Waals surface area contributed by atoms with E-state index < -0.39 is 17.7 Å². The van der Waals surface area contributed by atoms with Crippen molar-refractivity contribution in [2.24, 2.45) is 0 Å². The van der Waals surface area contributed by atoms with E-state index in [9.17, 15) is 14.7 Å². The Morgan fingerprint density at radius 1 is 1.18 bits per heavy atom. The van der Waals surface area contributed by atoms with Gasteiger partial charge >= 0.3 is 0 Å². The summed E-state index contributed by atoms with van der Waals surface area (Å²) >= 11 is 0. The van der Waals surface area contributed by atoms with Crippen molar-refractivity contribution in [1.29, 1.82) is 0 Å². The largest absolute Gasteiger partial charge is 0.505 e. The number of hydrogen-bond acceptors (Lipinski definition) is 6. The number of amides is 1. The molecule has 1 N–H and O–H groups in total. The van der Waals surface area contributed by atoms with Crippen LogP contribution in [0, 0.1) is 13.8 Å². The minimum atomic E-state index is -0.745. The second-order valence-electron chi connectivity index (χ2n) is 8.73. The summed E-state index contributed by atoms with van der Waals surface area (Å²) in [5, 5.41) is 11.4. The van der Waals surface area contributed by atoms with E-state index in [2.05, 4.69) is 4.98 Å². The van der Waals surface area contributed by atoms with Crippen molar-refractivity contribution in [1.82, 2.24) is 19.2 Å². The van der Waals surface area contributed by atoms with Crippen LogP contribution < -0.4 is 4.74 Å². The lowest BCUT2D eigenvalue weighted by Crippen LogP contribution is -2.35. The molecule has 0 radical (unpaired) electrons.